The molecule has 0 amide bonds. The predicted molar refractivity (Wildman–Crippen MR) is 54.7 cm³/mol. The summed E-state index contributed by atoms with van der Waals surface area (Å²) in [6, 6.07) is -0.222. The second-order valence-corrected chi connectivity index (χ2v) is 2.40. The number of hydrogen-bond donors (Lipinski definition) is 1. The lowest BCUT2D eigenvalue weighted by Crippen LogP contribution is -2.28. The van der Waals surface area contributed by atoms with Crippen LogP contribution in [0.15, 0.2) is 0 Å². The number of alkyl halides is 1. The van der Waals surface area contributed by atoms with Crippen LogP contribution in [0.25, 0.3) is 0 Å². The van der Waals surface area contributed by atoms with Gasteiger partial charge in [0.2, 0.25) is 0 Å². The fourth-order valence-electron chi connectivity index (χ4n) is 1.00. The number of ketones is 1. The van der Waals surface area contributed by atoms with E-state index in [-0.39, 0.29) is 11.8 Å². The molecule has 1 rings (SSSR count). The van der Waals surface area contributed by atoms with Crippen molar-refractivity contribution < 1.29 is 9.18 Å². The molecule has 0 aromatic carbocycles. The zero-order chi connectivity index (χ0) is 10.9. The second kappa shape index (κ2) is 9.65. The van der Waals surface area contributed by atoms with Crippen molar-refractivity contribution in [3.8, 4) is 0 Å². The van der Waals surface area contributed by atoms with Crippen molar-refractivity contribution in [2.45, 2.75) is 53.3 Å². The molecule has 0 aromatic rings. The van der Waals surface area contributed by atoms with Gasteiger partial charge in [-0.25, -0.2) is 4.39 Å². The van der Waals surface area contributed by atoms with Crippen molar-refractivity contribution in [2.24, 2.45) is 0 Å². The minimum absolute atomic E-state index is 0.0372. The Bertz CT molecular complexity index is 128. The number of carbonyl (C=O) groups excluding carboxylic acids is 1. The lowest BCUT2D eigenvalue weighted by atomic mass is 10.1. The average molecular weight is 191 g/mol. The van der Waals surface area contributed by atoms with Crippen LogP contribution in [0.2, 0.25) is 0 Å². The van der Waals surface area contributed by atoms with E-state index in [0.29, 0.717) is 13.0 Å². The van der Waals surface area contributed by atoms with Crippen LogP contribution in [0.5, 0.6) is 0 Å². The van der Waals surface area contributed by atoms with E-state index < -0.39 is 6.17 Å². The van der Waals surface area contributed by atoms with Gasteiger partial charge in [0.05, 0.1) is 6.04 Å². The van der Waals surface area contributed by atoms with Crippen LogP contribution < -0.4 is 5.32 Å². The smallest absolute Gasteiger partial charge is 0.146 e. The maximum atomic E-state index is 12.3. The summed E-state index contributed by atoms with van der Waals surface area (Å²) in [6.45, 7) is 9.82. The molecule has 1 fully saturated rings. The van der Waals surface area contributed by atoms with Crippen molar-refractivity contribution in [3.63, 3.8) is 0 Å². The first-order valence-corrected chi connectivity index (χ1v) is 5.08. The third-order valence-electron chi connectivity index (χ3n) is 1.57. The van der Waals surface area contributed by atoms with Crippen molar-refractivity contribution in [1.82, 2.24) is 5.32 Å². The van der Waals surface area contributed by atoms with Gasteiger partial charge in [-0.15, -0.1) is 0 Å². The monoisotopic (exact) mass is 191 g/mol. The van der Waals surface area contributed by atoms with Gasteiger partial charge >= 0.3 is 0 Å². The Kier molecular flexibility index (Phi) is 11.2. The molecule has 0 aliphatic carbocycles. The van der Waals surface area contributed by atoms with E-state index in [1.807, 2.05) is 27.7 Å². The van der Waals surface area contributed by atoms with Gasteiger partial charge in [0, 0.05) is 13.0 Å². The van der Waals surface area contributed by atoms with Gasteiger partial charge in [-0.1, -0.05) is 27.7 Å². The number of Topliss-reactive ketones (excluding diaryl/α,β-unsaturated/α-hetero) is 1. The third kappa shape index (κ3) is 6.70. The second-order valence-electron chi connectivity index (χ2n) is 2.40. The van der Waals surface area contributed by atoms with Gasteiger partial charge in [0.15, 0.2) is 0 Å². The molecule has 1 aliphatic heterocycles. The molecular formula is C10H22FNO. The number of hydrogen-bond acceptors (Lipinski definition) is 2. The summed E-state index contributed by atoms with van der Waals surface area (Å²) in [5.41, 5.74) is 0. The molecule has 2 nitrogen and oxygen atoms in total. The van der Waals surface area contributed by atoms with E-state index in [4.69, 9.17) is 0 Å². The topological polar surface area (TPSA) is 29.1 Å². The van der Waals surface area contributed by atoms with Gasteiger partial charge in [-0.3, -0.25) is 4.79 Å². The van der Waals surface area contributed by atoms with Gasteiger partial charge in [0.25, 0.3) is 0 Å². The fourth-order valence-corrected chi connectivity index (χ4v) is 1.00. The molecule has 0 radical (unpaired) electrons. The highest BCUT2D eigenvalue weighted by atomic mass is 19.1. The standard InChI is InChI=1S/C6H10FNO.2C2H6/c1-4(9)6-2-5(7)3-8-6;2*1-2/h5-6,8H,2-3H2,1H3;2*1-2H3. The molecule has 1 N–H and O–H groups in total. The van der Waals surface area contributed by atoms with Crippen LogP contribution >= 0.6 is 0 Å². The fraction of sp³-hybridized carbons (Fsp3) is 0.900. The highest BCUT2D eigenvalue weighted by molar-refractivity contribution is 5.81. The molecule has 2 atom stereocenters. The Balaban J connectivity index is 0. The molecule has 0 aromatic heterocycles. The van der Waals surface area contributed by atoms with Crippen LogP contribution in [0, 0.1) is 0 Å². The van der Waals surface area contributed by atoms with E-state index in [2.05, 4.69) is 5.32 Å². The van der Waals surface area contributed by atoms with Crippen LogP contribution in [-0.2, 0) is 4.79 Å². The van der Waals surface area contributed by atoms with Crippen LogP contribution in [0.1, 0.15) is 41.0 Å². The van der Waals surface area contributed by atoms with Gasteiger partial charge in [-0.05, 0) is 6.92 Å². The highest BCUT2D eigenvalue weighted by Crippen LogP contribution is 2.09. The Morgan fingerprint density at radius 2 is 1.77 bits per heavy atom. The van der Waals surface area contributed by atoms with Crippen molar-refractivity contribution in [2.75, 3.05) is 6.54 Å². The third-order valence-corrected chi connectivity index (χ3v) is 1.57. The molecule has 2 unspecified atom stereocenters. The molecule has 0 spiro atoms. The molecule has 0 bridgehead atoms. The zero-order valence-corrected chi connectivity index (χ0v) is 9.36. The van der Waals surface area contributed by atoms with E-state index in [1.54, 1.807) is 0 Å². The normalized spacial score (nSPS) is 25.1. The molecule has 80 valence electrons. The molecule has 1 saturated heterocycles. The largest absolute Gasteiger partial charge is 0.304 e. The molecule has 3 heteroatoms. The van der Waals surface area contributed by atoms with E-state index in [9.17, 15) is 9.18 Å². The first kappa shape index (κ1) is 15.1. The first-order chi connectivity index (χ1) is 6.20. The quantitative estimate of drug-likeness (QED) is 0.689. The summed E-state index contributed by atoms with van der Waals surface area (Å²) in [6.07, 6.45) is -0.464. The molecule has 1 heterocycles. The summed E-state index contributed by atoms with van der Waals surface area (Å²) >= 11 is 0. The Labute approximate surface area is 80.9 Å². The van der Waals surface area contributed by atoms with Gasteiger partial charge in [-0.2, -0.15) is 0 Å². The summed E-state index contributed by atoms with van der Waals surface area (Å²) in [7, 11) is 0. The number of carbonyl (C=O) groups is 1. The Morgan fingerprint density at radius 1 is 1.31 bits per heavy atom. The van der Waals surface area contributed by atoms with Gasteiger partial charge in [0.1, 0.15) is 12.0 Å². The van der Waals surface area contributed by atoms with Crippen molar-refractivity contribution in [3.05, 3.63) is 0 Å². The summed E-state index contributed by atoms with van der Waals surface area (Å²) in [4.78, 5) is 10.6. The minimum atomic E-state index is -0.820. The molecule has 0 saturated carbocycles. The lowest BCUT2D eigenvalue weighted by Gasteiger charge is -2.01. The summed E-state index contributed by atoms with van der Waals surface area (Å²) in [5, 5.41) is 2.78. The predicted octanol–water partition coefficient (Wildman–Crippen LogP) is 2.33. The summed E-state index contributed by atoms with van der Waals surface area (Å²) < 4.78 is 12.3. The van der Waals surface area contributed by atoms with Crippen molar-refractivity contribution in [1.29, 1.82) is 0 Å². The minimum Gasteiger partial charge on any atom is -0.304 e. The van der Waals surface area contributed by atoms with Crippen LogP contribution in [-0.4, -0.2) is 24.5 Å². The first-order valence-electron chi connectivity index (χ1n) is 5.08. The Morgan fingerprint density at radius 3 is 1.92 bits per heavy atom. The maximum absolute atomic E-state index is 12.3. The van der Waals surface area contributed by atoms with Crippen LogP contribution in [0.3, 0.4) is 0 Å². The van der Waals surface area contributed by atoms with E-state index in [1.165, 1.54) is 6.92 Å². The summed E-state index contributed by atoms with van der Waals surface area (Å²) in [5.74, 6) is 0.0372. The zero-order valence-electron chi connectivity index (χ0n) is 9.36. The SMILES string of the molecule is CC.CC.CC(=O)C1CC(F)CN1. The van der Waals surface area contributed by atoms with Crippen LogP contribution in [0.4, 0.5) is 4.39 Å². The average Bonchev–Trinajstić information content (AvgIpc) is 2.59. The van der Waals surface area contributed by atoms with E-state index >= 15 is 0 Å². The lowest BCUT2D eigenvalue weighted by molar-refractivity contribution is -0.118. The van der Waals surface area contributed by atoms with Crippen molar-refractivity contribution >= 4 is 5.78 Å². The molecule has 1 aliphatic rings. The Hall–Kier alpha value is -0.440. The molecule has 13 heavy (non-hydrogen) atoms. The maximum Gasteiger partial charge on any atom is 0.146 e. The highest BCUT2D eigenvalue weighted by Gasteiger charge is 2.26. The van der Waals surface area contributed by atoms with E-state index in [0.717, 1.165) is 0 Å². The number of halogens is 1. The van der Waals surface area contributed by atoms with Gasteiger partial charge < -0.3 is 5.32 Å². The number of rotatable bonds is 1. The number of nitrogens with one attached hydrogen (secondary N) is 1. The molecular weight excluding hydrogens is 169 g/mol.